The zero-order valence-electron chi connectivity index (χ0n) is 8.78. The van der Waals surface area contributed by atoms with E-state index in [1.165, 1.54) is 19.3 Å². The second-order valence-electron chi connectivity index (χ2n) is 3.45. The van der Waals surface area contributed by atoms with Gasteiger partial charge in [-0.25, -0.2) is 0 Å². The van der Waals surface area contributed by atoms with Crippen LogP contribution in [0.2, 0.25) is 0 Å². The van der Waals surface area contributed by atoms with Crippen LogP contribution in [0.1, 0.15) is 38.5 Å². The molecule has 0 fully saturated rings. The van der Waals surface area contributed by atoms with Crippen LogP contribution in [0.5, 0.6) is 0 Å². The smallest absolute Gasteiger partial charge is 0.0166 e. The summed E-state index contributed by atoms with van der Waals surface area (Å²) in [5.41, 5.74) is 0. The Bertz CT molecular complexity index is 228. The first kappa shape index (κ1) is 11.0. The number of rotatable bonds is 0. The van der Waals surface area contributed by atoms with E-state index in [9.17, 15) is 0 Å². The summed E-state index contributed by atoms with van der Waals surface area (Å²) in [6.07, 6.45) is 25.5. The molecule has 0 nitrogen and oxygen atoms in total. The number of hydrogen-bond donors (Lipinski definition) is 0. The summed E-state index contributed by atoms with van der Waals surface area (Å²) in [5.74, 6) is 0. The Balaban J connectivity index is 2.35. The fourth-order valence-electron chi connectivity index (χ4n) is 1.35. The van der Waals surface area contributed by atoms with Crippen LogP contribution in [0.15, 0.2) is 42.5 Å². The first-order valence-corrected chi connectivity index (χ1v) is 5.52. The van der Waals surface area contributed by atoms with E-state index in [1.807, 2.05) is 6.08 Å². The van der Waals surface area contributed by atoms with E-state index in [-0.39, 0.29) is 0 Å². The van der Waals surface area contributed by atoms with E-state index >= 15 is 0 Å². The molecular formula is C14H19. The normalized spacial score (nSPS) is 28.6. The quantitative estimate of drug-likeness (QED) is 0.494. The van der Waals surface area contributed by atoms with Crippen molar-refractivity contribution < 1.29 is 0 Å². The van der Waals surface area contributed by atoms with Crippen LogP contribution >= 0.6 is 0 Å². The standard InChI is InChI=1S/C14H19/c1-2-4-6-8-10-12-14-13-11-9-7-5-3-1/h1-3,6,8,11,13H,4,7,9-10,12,14H2/b2-1-,5-3?,8-6-,13-11+. The van der Waals surface area contributed by atoms with Crippen molar-refractivity contribution in [3.63, 3.8) is 0 Å². The SMILES string of the molecule is [C]1=C/C=C\C/C=C\CCC/C=C/CC/1. The van der Waals surface area contributed by atoms with E-state index in [1.54, 1.807) is 0 Å². The highest BCUT2D eigenvalue weighted by Gasteiger charge is 1.82. The Hall–Kier alpha value is -1.04. The Morgan fingerprint density at radius 2 is 1.57 bits per heavy atom. The van der Waals surface area contributed by atoms with Gasteiger partial charge in [0.25, 0.3) is 0 Å². The van der Waals surface area contributed by atoms with Gasteiger partial charge in [-0.05, 0) is 44.6 Å². The van der Waals surface area contributed by atoms with E-state index in [0.29, 0.717) is 0 Å². The van der Waals surface area contributed by atoms with E-state index < -0.39 is 0 Å². The van der Waals surface area contributed by atoms with Gasteiger partial charge < -0.3 is 0 Å². The molecule has 1 radical (unpaired) electrons. The lowest BCUT2D eigenvalue weighted by Crippen LogP contribution is -1.71. The van der Waals surface area contributed by atoms with Gasteiger partial charge in [-0.3, -0.25) is 0 Å². The van der Waals surface area contributed by atoms with Crippen LogP contribution in [-0.2, 0) is 0 Å². The molecule has 0 aromatic carbocycles. The molecule has 0 heterocycles. The summed E-state index contributed by atoms with van der Waals surface area (Å²) in [4.78, 5) is 0. The molecule has 0 atom stereocenters. The van der Waals surface area contributed by atoms with Gasteiger partial charge in [0.2, 0.25) is 0 Å². The van der Waals surface area contributed by atoms with Crippen molar-refractivity contribution >= 4 is 0 Å². The van der Waals surface area contributed by atoms with Crippen LogP contribution in [0.25, 0.3) is 0 Å². The fourth-order valence-corrected chi connectivity index (χ4v) is 1.35. The second kappa shape index (κ2) is 8.55. The minimum atomic E-state index is 1.04. The minimum absolute atomic E-state index is 1.04. The average molecular weight is 187 g/mol. The maximum Gasteiger partial charge on any atom is -0.0166 e. The van der Waals surface area contributed by atoms with Gasteiger partial charge in [0.05, 0.1) is 0 Å². The molecule has 0 N–H and O–H groups in total. The number of hydrogen-bond acceptors (Lipinski definition) is 0. The maximum atomic E-state index is 3.25. The third-order valence-corrected chi connectivity index (χ3v) is 2.15. The van der Waals surface area contributed by atoms with Crippen molar-refractivity contribution in [1.29, 1.82) is 0 Å². The summed E-state index contributed by atoms with van der Waals surface area (Å²) in [5, 5.41) is 0. The lowest BCUT2D eigenvalue weighted by atomic mass is 10.2. The van der Waals surface area contributed by atoms with Crippen LogP contribution in [0.3, 0.4) is 0 Å². The van der Waals surface area contributed by atoms with Crippen LogP contribution < -0.4 is 0 Å². The first-order valence-electron chi connectivity index (χ1n) is 5.52. The van der Waals surface area contributed by atoms with E-state index in [0.717, 1.165) is 19.3 Å². The first-order chi connectivity index (χ1) is 7.00. The van der Waals surface area contributed by atoms with Crippen molar-refractivity contribution in [1.82, 2.24) is 0 Å². The zero-order chi connectivity index (χ0) is 9.90. The van der Waals surface area contributed by atoms with Gasteiger partial charge in [-0.2, -0.15) is 0 Å². The molecule has 0 aromatic heterocycles. The largest absolute Gasteiger partial charge is 0.0885 e. The molecule has 0 amide bonds. The molecule has 0 unspecified atom stereocenters. The molecule has 0 aliphatic heterocycles. The third-order valence-electron chi connectivity index (χ3n) is 2.15. The highest BCUT2D eigenvalue weighted by Crippen LogP contribution is 2.02. The molecule has 0 heteroatoms. The van der Waals surface area contributed by atoms with Gasteiger partial charge in [-0.15, -0.1) is 0 Å². The van der Waals surface area contributed by atoms with Gasteiger partial charge in [0.15, 0.2) is 0 Å². The highest BCUT2D eigenvalue weighted by atomic mass is 13.9. The second-order valence-corrected chi connectivity index (χ2v) is 3.45. The lowest BCUT2D eigenvalue weighted by molar-refractivity contribution is 0.859. The van der Waals surface area contributed by atoms with Gasteiger partial charge in [-0.1, -0.05) is 42.5 Å². The molecule has 0 saturated carbocycles. The average Bonchev–Trinajstić information content (AvgIpc) is 2.22. The third kappa shape index (κ3) is 6.47. The molecule has 0 spiro atoms. The fraction of sp³-hybridized carbons (Fsp3) is 0.429. The monoisotopic (exact) mass is 187 g/mol. The summed E-state index contributed by atoms with van der Waals surface area (Å²) in [7, 11) is 0. The summed E-state index contributed by atoms with van der Waals surface area (Å²) in [6, 6.07) is 0. The molecule has 1 aliphatic carbocycles. The predicted octanol–water partition coefficient (Wildman–Crippen LogP) is 4.37. The Labute approximate surface area is 87.7 Å². The molecule has 1 rings (SSSR count). The van der Waals surface area contributed by atoms with E-state index in [4.69, 9.17) is 0 Å². The molecular weight excluding hydrogens is 168 g/mol. The maximum absolute atomic E-state index is 3.25. The number of allylic oxidation sites excluding steroid dienone is 8. The Morgan fingerprint density at radius 3 is 2.50 bits per heavy atom. The van der Waals surface area contributed by atoms with Gasteiger partial charge in [0, 0.05) is 0 Å². The predicted molar refractivity (Wildman–Crippen MR) is 62.9 cm³/mol. The minimum Gasteiger partial charge on any atom is -0.0885 e. The van der Waals surface area contributed by atoms with Crippen LogP contribution in [-0.4, -0.2) is 0 Å². The molecule has 0 saturated heterocycles. The molecule has 75 valence electrons. The van der Waals surface area contributed by atoms with Crippen molar-refractivity contribution in [3.05, 3.63) is 48.6 Å². The van der Waals surface area contributed by atoms with E-state index in [2.05, 4.69) is 42.5 Å². The highest BCUT2D eigenvalue weighted by molar-refractivity contribution is 5.03. The van der Waals surface area contributed by atoms with Crippen molar-refractivity contribution in [2.75, 3.05) is 0 Å². The van der Waals surface area contributed by atoms with Crippen LogP contribution in [0, 0.1) is 6.08 Å². The van der Waals surface area contributed by atoms with Gasteiger partial charge in [0.1, 0.15) is 0 Å². The Morgan fingerprint density at radius 1 is 0.786 bits per heavy atom. The van der Waals surface area contributed by atoms with Gasteiger partial charge >= 0.3 is 0 Å². The Kier molecular flexibility index (Phi) is 6.74. The van der Waals surface area contributed by atoms with Crippen molar-refractivity contribution in [3.8, 4) is 0 Å². The molecule has 0 bridgehead atoms. The van der Waals surface area contributed by atoms with Crippen molar-refractivity contribution in [2.45, 2.75) is 38.5 Å². The molecule has 1 aliphatic rings. The molecule has 14 heavy (non-hydrogen) atoms. The summed E-state index contributed by atoms with van der Waals surface area (Å²) >= 11 is 0. The van der Waals surface area contributed by atoms with Crippen LogP contribution in [0.4, 0.5) is 0 Å². The summed E-state index contributed by atoms with van der Waals surface area (Å²) in [6.45, 7) is 0. The van der Waals surface area contributed by atoms with Crippen molar-refractivity contribution in [2.24, 2.45) is 0 Å². The summed E-state index contributed by atoms with van der Waals surface area (Å²) < 4.78 is 0. The zero-order valence-corrected chi connectivity index (χ0v) is 8.78. The lowest BCUT2D eigenvalue weighted by Gasteiger charge is -1.91. The topological polar surface area (TPSA) is 0 Å². The molecule has 0 aromatic rings.